The van der Waals surface area contributed by atoms with Crippen molar-refractivity contribution < 1.29 is 18.3 Å². The summed E-state index contributed by atoms with van der Waals surface area (Å²) in [6.07, 6.45) is -5.30. The first-order valence-electron chi connectivity index (χ1n) is 5.86. The lowest BCUT2D eigenvalue weighted by Gasteiger charge is -2.15. The van der Waals surface area contributed by atoms with Crippen LogP contribution in [0.1, 0.15) is 31.1 Å². The van der Waals surface area contributed by atoms with Gasteiger partial charge in [-0.05, 0) is 30.2 Å². The van der Waals surface area contributed by atoms with E-state index in [0.717, 1.165) is 18.7 Å². The molecule has 1 aromatic rings. The van der Waals surface area contributed by atoms with Crippen LogP contribution in [-0.2, 0) is 6.18 Å². The Morgan fingerprint density at radius 2 is 1.89 bits per heavy atom. The van der Waals surface area contributed by atoms with Crippen molar-refractivity contribution in [2.75, 3.05) is 13.1 Å². The Labute approximate surface area is 105 Å². The summed E-state index contributed by atoms with van der Waals surface area (Å²) in [7, 11) is 0. The lowest BCUT2D eigenvalue weighted by molar-refractivity contribution is -0.137. The highest BCUT2D eigenvalue weighted by Gasteiger charge is 2.30. The van der Waals surface area contributed by atoms with E-state index in [1.807, 2.05) is 13.8 Å². The van der Waals surface area contributed by atoms with Crippen molar-refractivity contribution in [3.8, 4) is 0 Å². The molecule has 1 unspecified atom stereocenters. The molecule has 2 nitrogen and oxygen atoms in total. The summed E-state index contributed by atoms with van der Waals surface area (Å²) >= 11 is 0. The van der Waals surface area contributed by atoms with E-state index >= 15 is 0 Å². The number of hydrogen-bond donors (Lipinski definition) is 2. The minimum atomic E-state index is -4.37. The van der Waals surface area contributed by atoms with Crippen LogP contribution in [0.2, 0.25) is 0 Å². The summed E-state index contributed by atoms with van der Waals surface area (Å²) < 4.78 is 37.5. The molecule has 1 rings (SSSR count). The zero-order valence-electron chi connectivity index (χ0n) is 10.5. The smallest absolute Gasteiger partial charge is 0.387 e. The first-order chi connectivity index (χ1) is 8.30. The fraction of sp³-hybridized carbons (Fsp3) is 0.538. The number of benzene rings is 1. The van der Waals surface area contributed by atoms with E-state index in [1.54, 1.807) is 0 Å². The lowest BCUT2D eigenvalue weighted by Crippen LogP contribution is -2.25. The first kappa shape index (κ1) is 15.0. The van der Waals surface area contributed by atoms with Gasteiger partial charge in [-0.25, -0.2) is 0 Å². The summed E-state index contributed by atoms with van der Waals surface area (Å²) in [6.45, 7) is 5.00. The highest BCUT2D eigenvalue weighted by Crippen LogP contribution is 2.30. The van der Waals surface area contributed by atoms with Gasteiger partial charge < -0.3 is 10.4 Å². The number of halogens is 3. The summed E-state index contributed by atoms with van der Waals surface area (Å²) in [5.74, 6) is 0.429. The number of aliphatic hydroxyl groups is 1. The molecular formula is C13H18F3NO. The third-order valence-electron chi connectivity index (χ3n) is 2.49. The topological polar surface area (TPSA) is 32.3 Å². The van der Waals surface area contributed by atoms with Crippen molar-refractivity contribution in [3.63, 3.8) is 0 Å². The Morgan fingerprint density at radius 1 is 1.22 bits per heavy atom. The van der Waals surface area contributed by atoms with Crippen molar-refractivity contribution >= 4 is 0 Å². The summed E-state index contributed by atoms with van der Waals surface area (Å²) in [5.41, 5.74) is -0.455. The van der Waals surface area contributed by atoms with Crippen LogP contribution in [0, 0.1) is 5.92 Å². The average molecular weight is 261 g/mol. The molecule has 0 aromatic heterocycles. The molecule has 0 saturated carbocycles. The Kier molecular flexibility index (Phi) is 5.16. The maximum atomic E-state index is 12.5. The van der Waals surface area contributed by atoms with E-state index < -0.39 is 17.8 Å². The lowest BCUT2D eigenvalue weighted by atomic mass is 10.1. The van der Waals surface area contributed by atoms with Crippen molar-refractivity contribution in [2.45, 2.75) is 26.1 Å². The molecule has 0 bridgehead atoms. The molecule has 0 saturated heterocycles. The Balaban J connectivity index is 2.66. The van der Waals surface area contributed by atoms with Crippen molar-refractivity contribution in [3.05, 3.63) is 35.4 Å². The molecule has 0 heterocycles. The summed E-state index contributed by atoms with van der Waals surface area (Å²) in [5, 5.41) is 12.8. The number of nitrogens with one attached hydrogen (secondary N) is 1. The molecule has 0 aliphatic rings. The van der Waals surface area contributed by atoms with Crippen LogP contribution in [0.3, 0.4) is 0 Å². The van der Waals surface area contributed by atoms with Crippen molar-refractivity contribution in [1.29, 1.82) is 0 Å². The van der Waals surface area contributed by atoms with Gasteiger partial charge in [0.2, 0.25) is 0 Å². The van der Waals surface area contributed by atoms with E-state index in [0.29, 0.717) is 5.92 Å². The van der Waals surface area contributed by atoms with E-state index in [-0.39, 0.29) is 12.1 Å². The fourth-order valence-electron chi connectivity index (χ4n) is 1.55. The molecule has 1 aromatic carbocycles. The fourth-order valence-corrected chi connectivity index (χ4v) is 1.55. The van der Waals surface area contributed by atoms with Gasteiger partial charge in [0.15, 0.2) is 0 Å². The third kappa shape index (κ3) is 4.66. The third-order valence-corrected chi connectivity index (χ3v) is 2.49. The van der Waals surface area contributed by atoms with Gasteiger partial charge in [0.25, 0.3) is 0 Å². The van der Waals surface area contributed by atoms with Gasteiger partial charge in [-0.1, -0.05) is 26.0 Å². The quantitative estimate of drug-likeness (QED) is 0.854. The molecule has 5 heteroatoms. The zero-order valence-corrected chi connectivity index (χ0v) is 10.5. The predicted octanol–water partition coefficient (Wildman–Crippen LogP) is 2.98. The molecule has 0 amide bonds. The molecule has 0 aliphatic heterocycles. The standard InChI is InChI=1S/C13H18F3NO/c1-9(2)7-17-8-12(18)10-4-3-5-11(6-10)13(14,15)16/h3-6,9,12,17-18H,7-8H2,1-2H3. The van der Waals surface area contributed by atoms with Crippen LogP contribution in [0.5, 0.6) is 0 Å². The number of hydrogen-bond acceptors (Lipinski definition) is 2. The monoisotopic (exact) mass is 261 g/mol. The largest absolute Gasteiger partial charge is 0.416 e. The highest BCUT2D eigenvalue weighted by atomic mass is 19.4. The van der Waals surface area contributed by atoms with Gasteiger partial charge in [-0.2, -0.15) is 13.2 Å². The van der Waals surface area contributed by atoms with Crippen LogP contribution < -0.4 is 5.32 Å². The Hall–Kier alpha value is -1.07. The number of alkyl halides is 3. The molecular weight excluding hydrogens is 243 g/mol. The van der Waals surface area contributed by atoms with E-state index in [4.69, 9.17) is 0 Å². The van der Waals surface area contributed by atoms with Crippen LogP contribution in [-0.4, -0.2) is 18.2 Å². The SMILES string of the molecule is CC(C)CNCC(O)c1cccc(C(F)(F)F)c1. The van der Waals surface area contributed by atoms with Gasteiger partial charge in [-0.3, -0.25) is 0 Å². The maximum absolute atomic E-state index is 12.5. The molecule has 18 heavy (non-hydrogen) atoms. The van der Waals surface area contributed by atoms with E-state index in [2.05, 4.69) is 5.32 Å². The molecule has 0 spiro atoms. The van der Waals surface area contributed by atoms with Crippen LogP contribution >= 0.6 is 0 Å². The summed E-state index contributed by atoms with van der Waals surface area (Å²) in [4.78, 5) is 0. The predicted molar refractivity (Wildman–Crippen MR) is 64.1 cm³/mol. The average Bonchev–Trinajstić information content (AvgIpc) is 2.27. The molecule has 1 atom stereocenters. The van der Waals surface area contributed by atoms with E-state index in [1.165, 1.54) is 12.1 Å². The van der Waals surface area contributed by atoms with Crippen molar-refractivity contribution in [1.82, 2.24) is 5.32 Å². The molecule has 102 valence electrons. The molecule has 0 aliphatic carbocycles. The Morgan fingerprint density at radius 3 is 2.44 bits per heavy atom. The molecule has 0 radical (unpaired) electrons. The summed E-state index contributed by atoms with van der Waals surface area (Å²) in [6, 6.07) is 4.79. The zero-order chi connectivity index (χ0) is 13.8. The first-order valence-corrected chi connectivity index (χ1v) is 5.86. The molecule has 0 fully saturated rings. The second-order valence-corrected chi connectivity index (χ2v) is 4.69. The maximum Gasteiger partial charge on any atom is 0.416 e. The van der Waals surface area contributed by atoms with Crippen LogP contribution in [0.4, 0.5) is 13.2 Å². The highest BCUT2D eigenvalue weighted by molar-refractivity contribution is 5.27. The van der Waals surface area contributed by atoms with Gasteiger partial charge >= 0.3 is 6.18 Å². The van der Waals surface area contributed by atoms with Gasteiger partial charge in [0, 0.05) is 6.54 Å². The van der Waals surface area contributed by atoms with Gasteiger partial charge in [-0.15, -0.1) is 0 Å². The van der Waals surface area contributed by atoms with Crippen LogP contribution in [0.25, 0.3) is 0 Å². The molecule has 2 N–H and O–H groups in total. The minimum Gasteiger partial charge on any atom is -0.387 e. The van der Waals surface area contributed by atoms with Crippen LogP contribution in [0.15, 0.2) is 24.3 Å². The second kappa shape index (κ2) is 6.20. The minimum absolute atomic E-state index is 0.249. The number of aliphatic hydroxyl groups excluding tert-OH is 1. The number of rotatable bonds is 5. The van der Waals surface area contributed by atoms with Gasteiger partial charge in [0.05, 0.1) is 11.7 Å². The van der Waals surface area contributed by atoms with E-state index in [9.17, 15) is 18.3 Å². The normalized spacial score (nSPS) is 13.9. The second-order valence-electron chi connectivity index (χ2n) is 4.69. The Bertz CT molecular complexity index is 377. The van der Waals surface area contributed by atoms with Gasteiger partial charge in [0.1, 0.15) is 0 Å². The van der Waals surface area contributed by atoms with Crippen molar-refractivity contribution in [2.24, 2.45) is 5.92 Å².